The van der Waals surface area contributed by atoms with Gasteiger partial charge in [0.1, 0.15) is 0 Å². The fourth-order valence-electron chi connectivity index (χ4n) is 2.46. The summed E-state index contributed by atoms with van der Waals surface area (Å²) in [6, 6.07) is 4.43. The summed E-state index contributed by atoms with van der Waals surface area (Å²) in [5.74, 6) is -0.679. The van der Waals surface area contributed by atoms with E-state index in [2.05, 4.69) is 21.2 Å². The van der Waals surface area contributed by atoms with Crippen LogP contribution < -0.4 is 11.1 Å². The highest BCUT2D eigenvalue weighted by Gasteiger charge is 2.34. The van der Waals surface area contributed by atoms with Crippen LogP contribution in [0.15, 0.2) is 22.7 Å². The van der Waals surface area contributed by atoms with E-state index in [1.165, 1.54) is 0 Å². The van der Waals surface area contributed by atoms with Crippen LogP contribution in [0.5, 0.6) is 0 Å². The number of amides is 5. The number of halogens is 1. The summed E-state index contributed by atoms with van der Waals surface area (Å²) in [5.41, 5.74) is 6.10. The first-order valence-corrected chi connectivity index (χ1v) is 8.64. The summed E-state index contributed by atoms with van der Waals surface area (Å²) >= 11 is 3.28. The number of nitrogens with one attached hydrogen (secondary N) is 1. The van der Waals surface area contributed by atoms with Crippen LogP contribution >= 0.6 is 15.9 Å². The molecule has 0 atom stereocenters. The first-order valence-electron chi connectivity index (χ1n) is 7.85. The lowest BCUT2D eigenvalue weighted by molar-refractivity contribution is -0.115. The Kier molecular flexibility index (Phi) is 6.65. The first kappa shape index (κ1) is 19.1. The number of benzene rings is 1. The zero-order chi connectivity index (χ0) is 18.4. The van der Waals surface area contributed by atoms with Crippen LogP contribution in [0.1, 0.15) is 33.6 Å². The van der Waals surface area contributed by atoms with Crippen LogP contribution in [0.3, 0.4) is 0 Å². The Labute approximate surface area is 153 Å². The predicted octanol–water partition coefficient (Wildman–Crippen LogP) is 0.952. The topological polar surface area (TPSA) is 113 Å². The van der Waals surface area contributed by atoms with Crippen LogP contribution in [0.25, 0.3) is 0 Å². The monoisotopic (exact) mass is 410 g/mol. The van der Waals surface area contributed by atoms with Crippen LogP contribution in [0.2, 0.25) is 0 Å². The van der Waals surface area contributed by atoms with Gasteiger partial charge in [-0.2, -0.15) is 0 Å². The molecule has 0 radical (unpaired) electrons. The van der Waals surface area contributed by atoms with Crippen molar-refractivity contribution in [2.75, 3.05) is 26.2 Å². The van der Waals surface area contributed by atoms with Crippen LogP contribution in [0.4, 0.5) is 4.79 Å². The van der Waals surface area contributed by atoms with E-state index in [1.54, 1.807) is 18.2 Å². The highest BCUT2D eigenvalue weighted by Crippen LogP contribution is 2.25. The molecule has 1 aliphatic rings. The van der Waals surface area contributed by atoms with Gasteiger partial charge in [-0.25, -0.2) is 4.79 Å². The third kappa shape index (κ3) is 4.43. The van der Waals surface area contributed by atoms with Gasteiger partial charge in [-0.1, -0.05) is 15.9 Å². The number of rotatable bonds is 8. The number of nitrogens with two attached hydrogens (primary N) is 1. The minimum atomic E-state index is -0.519. The molecule has 5 amide bonds. The highest BCUT2D eigenvalue weighted by atomic mass is 79.9. The van der Waals surface area contributed by atoms with Crippen molar-refractivity contribution in [2.24, 2.45) is 5.73 Å². The fourth-order valence-corrected chi connectivity index (χ4v) is 2.82. The molecule has 0 fully saturated rings. The summed E-state index contributed by atoms with van der Waals surface area (Å²) in [6.07, 6.45) is 1.37. The number of carbonyl (C=O) groups is 4. The summed E-state index contributed by atoms with van der Waals surface area (Å²) in [4.78, 5) is 49.4. The van der Waals surface area contributed by atoms with Crippen LogP contribution in [0, 0.1) is 0 Å². The average molecular weight is 411 g/mol. The van der Waals surface area contributed by atoms with Crippen molar-refractivity contribution in [3.63, 3.8) is 0 Å². The molecule has 1 aliphatic heterocycles. The lowest BCUT2D eigenvalue weighted by Crippen LogP contribution is -2.41. The molecule has 1 heterocycles. The Balaban J connectivity index is 1.83. The van der Waals surface area contributed by atoms with Gasteiger partial charge < -0.3 is 11.1 Å². The number of carbonyl (C=O) groups excluding carboxylic acids is 4. The normalized spacial score (nSPS) is 13.0. The quantitative estimate of drug-likeness (QED) is 0.376. The molecule has 25 heavy (non-hydrogen) atoms. The smallest absolute Gasteiger partial charge is 0.323 e. The molecule has 0 spiro atoms. The maximum Gasteiger partial charge on any atom is 0.323 e. The summed E-state index contributed by atoms with van der Waals surface area (Å²) in [7, 11) is 0. The van der Waals surface area contributed by atoms with Crippen molar-refractivity contribution >= 4 is 40.2 Å². The number of urea groups is 1. The zero-order valence-electron chi connectivity index (χ0n) is 13.5. The van der Waals surface area contributed by atoms with E-state index >= 15 is 0 Å². The largest absolute Gasteiger partial charge is 0.338 e. The van der Waals surface area contributed by atoms with Crippen molar-refractivity contribution in [3.05, 3.63) is 33.8 Å². The van der Waals surface area contributed by atoms with Gasteiger partial charge in [-0.05, 0) is 37.6 Å². The lowest BCUT2D eigenvalue weighted by atomic mass is 10.1. The molecule has 8 nitrogen and oxygen atoms in total. The van der Waals surface area contributed by atoms with Gasteiger partial charge in [0.2, 0.25) is 6.41 Å². The van der Waals surface area contributed by atoms with Crippen molar-refractivity contribution in [1.82, 2.24) is 15.1 Å². The van der Waals surface area contributed by atoms with Crippen molar-refractivity contribution < 1.29 is 19.2 Å². The summed E-state index contributed by atoms with van der Waals surface area (Å²) in [5, 5.41) is 2.58. The third-order valence-corrected chi connectivity index (χ3v) is 4.25. The molecule has 0 bridgehead atoms. The van der Waals surface area contributed by atoms with E-state index in [9.17, 15) is 19.2 Å². The van der Waals surface area contributed by atoms with Gasteiger partial charge in [0.15, 0.2) is 0 Å². The average Bonchev–Trinajstić information content (AvgIpc) is 2.83. The summed E-state index contributed by atoms with van der Waals surface area (Å²) < 4.78 is 0.730. The summed E-state index contributed by atoms with van der Waals surface area (Å²) in [6.45, 7) is 1.06. The standard InChI is InChI=1S/C16H19BrN4O4/c17-11-3-4-12-13(9-11)15(24)21(14(12)23)8-2-6-19-16(25)20(10-22)7-1-5-18/h3-4,9-10H,1-2,5-8,18H2,(H,19,25). The fraction of sp³-hybridized carbons (Fsp3) is 0.375. The van der Waals surface area contributed by atoms with Crippen LogP contribution in [-0.4, -0.2) is 60.2 Å². The second-order valence-electron chi connectivity index (χ2n) is 5.48. The van der Waals surface area contributed by atoms with Crippen molar-refractivity contribution in [2.45, 2.75) is 12.8 Å². The molecule has 9 heteroatoms. The van der Waals surface area contributed by atoms with Gasteiger partial charge in [-0.15, -0.1) is 0 Å². The third-order valence-electron chi connectivity index (χ3n) is 3.76. The van der Waals surface area contributed by atoms with Gasteiger partial charge >= 0.3 is 6.03 Å². The SMILES string of the molecule is NCCCN(C=O)C(=O)NCCCN1C(=O)c2ccc(Br)cc2C1=O. The Bertz CT molecular complexity index is 695. The second-order valence-corrected chi connectivity index (χ2v) is 6.39. The molecule has 0 aromatic heterocycles. The van der Waals surface area contributed by atoms with Gasteiger partial charge in [0.05, 0.1) is 11.1 Å². The predicted molar refractivity (Wildman–Crippen MR) is 94.0 cm³/mol. The van der Waals surface area contributed by atoms with Gasteiger partial charge in [0.25, 0.3) is 11.8 Å². The van der Waals surface area contributed by atoms with E-state index in [0.29, 0.717) is 36.9 Å². The first-order chi connectivity index (χ1) is 12.0. The van der Waals surface area contributed by atoms with E-state index in [4.69, 9.17) is 5.73 Å². The van der Waals surface area contributed by atoms with E-state index in [0.717, 1.165) is 14.3 Å². The molecule has 0 aliphatic carbocycles. The highest BCUT2D eigenvalue weighted by molar-refractivity contribution is 9.10. The molecule has 2 rings (SSSR count). The van der Waals surface area contributed by atoms with E-state index in [1.807, 2.05) is 0 Å². The number of hydrogen-bond acceptors (Lipinski definition) is 5. The Hall–Kier alpha value is -2.26. The van der Waals surface area contributed by atoms with Gasteiger partial charge in [0, 0.05) is 24.1 Å². The number of imide groups is 2. The molecule has 0 saturated carbocycles. The second kappa shape index (κ2) is 8.72. The van der Waals surface area contributed by atoms with E-state index in [-0.39, 0.29) is 31.4 Å². The van der Waals surface area contributed by atoms with Crippen molar-refractivity contribution in [1.29, 1.82) is 0 Å². The molecule has 0 saturated heterocycles. The Morgan fingerprint density at radius 1 is 1.24 bits per heavy atom. The number of fused-ring (bicyclic) bond motifs is 1. The minimum absolute atomic E-state index is 0.189. The molecule has 1 aromatic carbocycles. The maximum absolute atomic E-state index is 12.3. The Morgan fingerprint density at radius 2 is 1.96 bits per heavy atom. The molecule has 1 aromatic rings. The molecule has 134 valence electrons. The van der Waals surface area contributed by atoms with Crippen LogP contribution in [-0.2, 0) is 4.79 Å². The molecule has 3 N–H and O–H groups in total. The number of hydrogen-bond donors (Lipinski definition) is 2. The maximum atomic E-state index is 12.3. The zero-order valence-corrected chi connectivity index (χ0v) is 15.1. The lowest BCUT2D eigenvalue weighted by Gasteiger charge is -2.17. The van der Waals surface area contributed by atoms with Gasteiger partial charge in [-0.3, -0.25) is 24.2 Å². The van der Waals surface area contributed by atoms with Crippen molar-refractivity contribution in [3.8, 4) is 0 Å². The molecular weight excluding hydrogens is 392 g/mol. The minimum Gasteiger partial charge on any atom is -0.338 e. The number of nitrogens with zero attached hydrogens (tertiary/aromatic N) is 2. The molecular formula is C16H19BrN4O4. The Morgan fingerprint density at radius 3 is 2.64 bits per heavy atom. The van der Waals surface area contributed by atoms with E-state index < -0.39 is 6.03 Å². The molecule has 0 unspecified atom stereocenters.